The summed E-state index contributed by atoms with van der Waals surface area (Å²) in [6.45, 7) is 4.36. The zero-order valence-electron chi connectivity index (χ0n) is 11.8. The Bertz CT molecular complexity index is 659. The van der Waals surface area contributed by atoms with Crippen LogP contribution in [0.3, 0.4) is 0 Å². The minimum Gasteiger partial charge on any atom is -0.476 e. The molecule has 110 valence electrons. The molecule has 21 heavy (non-hydrogen) atoms. The van der Waals surface area contributed by atoms with Gasteiger partial charge in [-0.05, 0) is 17.7 Å². The van der Waals surface area contributed by atoms with Gasteiger partial charge in [0.25, 0.3) is 0 Å². The Morgan fingerprint density at radius 3 is 2.81 bits per heavy atom. The van der Waals surface area contributed by atoms with E-state index < -0.39 is 5.97 Å². The molecule has 1 aromatic heterocycles. The van der Waals surface area contributed by atoms with Gasteiger partial charge in [0.05, 0.1) is 11.9 Å². The number of aromatic nitrogens is 2. The van der Waals surface area contributed by atoms with Gasteiger partial charge in [-0.15, -0.1) is 0 Å². The van der Waals surface area contributed by atoms with E-state index in [2.05, 4.69) is 31.2 Å². The number of nitrogens with zero attached hydrogens (tertiary/aromatic N) is 2. The van der Waals surface area contributed by atoms with Gasteiger partial charge < -0.3 is 10.4 Å². The number of carboxylic acid groups (broad SMARTS) is 1. The normalized spacial score (nSPS) is 10.7. The fourth-order valence-corrected chi connectivity index (χ4v) is 2.26. The van der Waals surface area contributed by atoms with Crippen LogP contribution in [0.2, 0.25) is 0 Å². The third kappa shape index (κ3) is 4.01. The van der Waals surface area contributed by atoms with Crippen LogP contribution in [-0.4, -0.2) is 21.0 Å². The molecular weight excluding hydrogens is 334 g/mol. The highest BCUT2D eigenvalue weighted by Crippen LogP contribution is 2.18. The number of benzene rings is 1. The molecule has 0 saturated carbocycles. The molecule has 0 aliphatic rings. The van der Waals surface area contributed by atoms with Crippen LogP contribution in [0, 0.1) is 0 Å². The fraction of sp³-hybridized carbons (Fsp3) is 0.267. The molecule has 0 unspecified atom stereocenters. The quantitative estimate of drug-likeness (QED) is 0.861. The van der Waals surface area contributed by atoms with Gasteiger partial charge in [0.2, 0.25) is 0 Å². The third-order valence-corrected chi connectivity index (χ3v) is 3.39. The summed E-state index contributed by atoms with van der Waals surface area (Å²) in [6, 6.07) is 7.79. The summed E-state index contributed by atoms with van der Waals surface area (Å²) in [4.78, 5) is 19.6. The third-order valence-electron chi connectivity index (χ3n) is 2.90. The minimum absolute atomic E-state index is 0.00342. The summed E-state index contributed by atoms with van der Waals surface area (Å²) in [5, 5.41) is 12.4. The van der Waals surface area contributed by atoms with Crippen LogP contribution in [0.4, 0.5) is 5.69 Å². The van der Waals surface area contributed by atoms with Crippen molar-refractivity contribution in [1.82, 2.24) is 9.97 Å². The first-order chi connectivity index (χ1) is 9.97. The summed E-state index contributed by atoms with van der Waals surface area (Å²) in [7, 11) is 0. The Morgan fingerprint density at radius 2 is 2.19 bits per heavy atom. The zero-order chi connectivity index (χ0) is 15.4. The van der Waals surface area contributed by atoms with Crippen molar-refractivity contribution in [2.45, 2.75) is 26.3 Å². The molecule has 0 saturated heterocycles. The van der Waals surface area contributed by atoms with Crippen LogP contribution < -0.4 is 5.32 Å². The van der Waals surface area contributed by atoms with E-state index in [0.717, 1.165) is 10.0 Å². The summed E-state index contributed by atoms with van der Waals surface area (Å²) < 4.78 is 0.978. The molecule has 0 aliphatic heterocycles. The first-order valence-corrected chi connectivity index (χ1v) is 7.35. The highest BCUT2D eigenvalue weighted by atomic mass is 79.9. The maximum Gasteiger partial charge on any atom is 0.356 e. The Kier molecular flexibility index (Phi) is 4.90. The van der Waals surface area contributed by atoms with E-state index in [9.17, 15) is 9.90 Å². The Morgan fingerprint density at radius 1 is 1.43 bits per heavy atom. The first kappa shape index (κ1) is 15.4. The van der Waals surface area contributed by atoms with Crippen molar-refractivity contribution in [3.8, 4) is 0 Å². The van der Waals surface area contributed by atoms with Crippen LogP contribution >= 0.6 is 15.9 Å². The monoisotopic (exact) mass is 349 g/mol. The van der Waals surface area contributed by atoms with Crippen molar-refractivity contribution in [2.24, 2.45) is 0 Å². The van der Waals surface area contributed by atoms with Gasteiger partial charge in [-0.2, -0.15) is 0 Å². The van der Waals surface area contributed by atoms with Crippen molar-refractivity contribution < 1.29 is 9.90 Å². The molecule has 5 nitrogen and oxygen atoms in total. The van der Waals surface area contributed by atoms with Crippen LogP contribution in [0.5, 0.6) is 0 Å². The molecule has 0 radical (unpaired) electrons. The average Bonchev–Trinajstić information content (AvgIpc) is 2.44. The molecule has 2 aromatic rings. The van der Waals surface area contributed by atoms with Crippen LogP contribution in [0.25, 0.3) is 0 Å². The van der Waals surface area contributed by atoms with Gasteiger partial charge >= 0.3 is 5.97 Å². The molecule has 6 heteroatoms. The largest absolute Gasteiger partial charge is 0.476 e. The highest BCUT2D eigenvalue weighted by molar-refractivity contribution is 9.10. The topological polar surface area (TPSA) is 75.1 Å². The molecule has 0 fully saturated rings. The van der Waals surface area contributed by atoms with E-state index >= 15 is 0 Å². The number of carboxylic acids is 1. The van der Waals surface area contributed by atoms with Crippen LogP contribution in [-0.2, 0) is 6.54 Å². The number of rotatable bonds is 5. The molecular formula is C15H16BrN3O2. The second-order valence-corrected chi connectivity index (χ2v) is 5.85. The van der Waals surface area contributed by atoms with Gasteiger partial charge in [-0.1, -0.05) is 41.9 Å². The van der Waals surface area contributed by atoms with Gasteiger partial charge in [-0.3, -0.25) is 0 Å². The molecule has 0 bridgehead atoms. The predicted octanol–water partition coefficient (Wildman–Crippen LogP) is 3.67. The number of aromatic carboxylic acids is 1. The lowest BCUT2D eigenvalue weighted by Crippen LogP contribution is -2.12. The summed E-state index contributed by atoms with van der Waals surface area (Å²) in [6.07, 6.45) is 1.53. The van der Waals surface area contributed by atoms with E-state index in [0.29, 0.717) is 18.1 Å². The molecule has 0 amide bonds. The number of nitrogens with one attached hydrogen (secondary N) is 1. The summed E-state index contributed by atoms with van der Waals surface area (Å²) >= 11 is 3.40. The van der Waals surface area contributed by atoms with Crippen molar-refractivity contribution in [1.29, 1.82) is 0 Å². The van der Waals surface area contributed by atoms with Crippen molar-refractivity contribution in [3.63, 3.8) is 0 Å². The number of hydrogen-bond acceptors (Lipinski definition) is 4. The van der Waals surface area contributed by atoms with E-state index in [-0.39, 0.29) is 11.6 Å². The molecule has 2 N–H and O–H groups in total. The average molecular weight is 350 g/mol. The maximum atomic E-state index is 11.3. The molecule has 2 rings (SSSR count). The lowest BCUT2D eigenvalue weighted by atomic mass is 10.2. The summed E-state index contributed by atoms with van der Waals surface area (Å²) in [5.41, 5.74) is 1.46. The molecule has 1 heterocycles. The van der Waals surface area contributed by atoms with Crippen molar-refractivity contribution in [2.75, 3.05) is 5.32 Å². The van der Waals surface area contributed by atoms with E-state index in [4.69, 9.17) is 0 Å². The smallest absolute Gasteiger partial charge is 0.356 e. The molecule has 0 atom stereocenters. The van der Waals surface area contributed by atoms with Crippen molar-refractivity contribution in [3.05, 3.63) is 52.0 Å². The fourth-order valence-electron chi connectivity index (χ4n) is 1.81. The number of anilines is 1. The van der Waals surface area contributed by atoms with Gasteiger partial charge in [0, 0.05) is 16.9 Å². The minimum atomic E-state index is -1.06. The second-order valence-electron chi connectivity index (χ2n) is 4.93. The van der Waals surface area contributed by atoms with E-state index in [1.54, 1.807) is 0 Å². The van der Waals surface area contributed by atoms with E-state index in [1.807, 2.05) is 38.1 Å². The lowest BCUT2D eigenvalue weighted by Gasteiger charge is -2.11. The van der Waals surface area contributed by atoms with E-state index in [1.165, 1.54) is 6.20 Å². The van der Waals surface area contributed by atoms with Gasteiger partial charge in [-0.25, -0.2) is 14.8 Å². The molecule has 0 spiro atoms. The lowest BCUT2D eigenvalue weighted by molar-refractivity contribution is 0.0691. The molecule has 0 aliphatic carbocycles. The Labute approximate surface area is 131 Å². The molecule has 1 aromatic carbocycles. The number of hydrogen-bond donors (Lipinski definition) is 2. The van der Waals surface area contributed by atoms with Crippen LogP contribution in [0.1, 0.15) is 41.6 Å². The second kappa shape index (κ2) is 6.67. The van der Waals surface area contributed by atoms with Crippen molar-refractivity contribution >= 4 is 27.6 Å². The van der Waals surface area contributed by atoms with Crippen LogP contribution in [0.15, 0.2) is 34.9 Å². The zero-order valence-corrected chi connectivity index (χ0v) is 13.4. The van der Waals surface area contributed by atoms with Gasteiger partial charge in [0.15, 0.2) is 5.69 Å². The summed E-state index contributed by atoms with van der Waals surface area (Å²) in [5.74, 6) is -0.446. The predicted molar refractivity (Wildman–Crippen MR) is 84.5 cm³/mol. The van der Waals surface area contributed by atoms with Gasteiger partial charge in [0.1, 0.15) is 5.82 Å². The standard InChI is InChI=1S/C15H16BrN3O2/c1-9(2)14-18-8-12(13(19-14)15(20)21)17-7-10-4-3-5-11(16)6-10/h3-6,8-9,17H,7H2,1-2H3,(H,20,21). The number of halogens is 1. The SMILES string of the molecule is CC(C)c1ncc(NCc2cccc(Br)c2)c(C(=O)O)n1. The number of carbonyl (C=O) groups is 1. The first-order valence-electron chi connectivity index (χ1n) is 6.56. The Hall–Kier alpha value is -1.95. The maximum absolute atomic E-state index is 11.3. The highest BCUT2D eigenvalue weighted by Gasteiger charge is 2.15. The Balaban J connectivity index is 2.21.